The number of carbonyl (C=O) groups excluding carboxylic acids is 2. The van der Waals surface area contributed by atoms with Crippen molar-refractivity contribution in [2.24, 2.45) is 11.8 Å². The summed E-state index contributed by atoms with van der Waals surface area (Å²) in [4.78, 5) is 29.1. The third kappa shape index (κ3) is 4.34. The summed E-state index contributed by atoms with van der Waals surface area (Å²) in [5.41, 5.74) is 3.83. The minimum Gasteiger partial charge on any atom is -0.335 e. The van der Waals surface area contributed by atoms with Crippen molar-refractivity contribution in [2.75, 3.05) is 13.1 Å². The molecular weight excluding hydrogens is 543 g/mol. The molecule has 2 aromatic heterocycles. The van der Waals surface area contributed by atoms with Gasteiger partial charge < -0.3 is 9.80 Å². The van der Waals surface area contributed by atoms with Crippen molar-refractivity contribution >= 4 is 57.1 Å². The lowest BCUT2D eigenvalue weighted by molar-refractivity contribution is 0.0333. The van der Waals surface area contributed by atoms with E-state index in [2.05, 4.69) is 29.9 Å². The Balaban J connectivity index is 0.000000130. The Bertz CT molecular complexity index is 1550. The molecule has 2 amide bonds. The molecule has 2 saturated carbocycles. The van der Waals surface area contributed by atoms with Gasteiger partial charge in [-0.1, -0.05) is 0 Å². The average molecular weight is 569 g/mol. The van der Waals surface area contributed by atoms with E-state index in [0.29, 0.717) is 57.6 Å². The second-order valence-electron chi connectivity index (χ2n) is 11.0. The first-order valence-electron chi connectivity index (χ1n) is 13.3. The van der Waals surface area contributed by atoms with Gasteiger partial charge in [0.05, 0.1) is 16.8 Å². The van der Waals surface area contributed by atoms with Gasteiger partial charge in [-0.3, -0.25) is 9.59 Å². The summed E-state index contributed by atoms with van der Waals surface area (Å²) in [5, 5.41) is 14.8. The van der Waals surface area contributed by atoms with E-state index >= 15 is 0 Å². The predicted molar refractivity (Wildman–Crippen MR) is 143 cm³/mol. The fourth-order valence-electron chi connectivity index (χ4n) is 6.62. The molecule has 9 rings (SSSR count). The number of hydrogen-bond donors (Lipinski definition) is 0. The van der Waals surface area contributed by atoms with Gasteiger partial charge in [0.25, 0.3) is 11.8 Å². The number of hydrogen-bond acceptors (Lipinski definition) is 8. The Morgan fingerprint density at radius 2 is 1.28 bits per heavy atom. The van der Waals surface area contributed by atoms with Crippen molar-refractivity contribution in [2.45, 2.75) is 54.9 Å². The lowest BCUT2D eigenvalue weighted by atomic mass is 9.79. The van der Waals surface area contributed by atoms with Gasteiger partial charge >= 0.3 is 0 Å². The normalized spacial score (nSPS) is 29.2. The highest BCUT2D eigenvalue weighted by Gasteiger charge is 2.52. The van der Waals surface area contributed by atoms with E-state index < -0.39 is 0 Å². The van der Waals surface area contributed by atoms with E-state index in [1.807, 2.05) is 15.9 Å². The van der Waals surface area contributed by atoms with E-state index in [4.69, 9.17) is 23.2 Å². The highest BCUT2D eigenvalue weighted by molar-refractivity contribution is 6.31. The number of aromatic nitrogens is 4. The maximum absolute atomic E-state index is 12.6. The second kappa shape index (κ2) is 9.75. The molecule has 3 saturated heterocycles. The van der Waals surface area contributed by atoms with Crippen LogP contribution in [0.3, 0.4) is 0 Å². The molecule has 5 fully saturated rings. The van der Waals surface area contributed by atoms with Gasteiger partial charge in [-0.25, -0.2) is 9.26 Å². The van der Waals surface area contributed by atoms with Crippen LogP contribution in [-0.4, -0.2) is 78.2 Å². The molecule has 5 heterocycles. The predicted octanol–water partition coefficient (Wildman–Crippen LogP) is 4.52. The van der Waals surface area contributed by atoms with Crippen LogP contribution in [0.15, 0.2) is 45.7 Å². The van der Waals surface area contributed by atoms with E-state index in [1.54, 1.807) is 30.3 Å². The van der Waals surface area contributed by atoms with Crippen LogP contribution in [0, 0.1) is 11.8 Å². The molecule has 2 aliphatic carbocycles. The van der Waals surface area contributed by atoms with Crippen molar-refractivity contribution in [3.05, 3.63) is 47.5 Å². The number of alkyl halides is 2. The zero-order valence-electron chi connectivity index (χ0n) is 21.0. The molecule has 39 heavy (non-hydrogen) atoms. The van der Waals surface area contributed by atoms with E-state index in [0.717, 1.165) is 25.8 Å². The van der Waals surface area contributed by atoms with Gasteiger partial charge in [-0.15, -0.1) is 23.2 Å². The zero-order chi connectivity index (χ0) is 26.7. The van der Waals surface area contributed by atoms with Gasteiger partial charge in [0, 0.05) is 30.3 Å². The minimum atomic E-state index is -0.170. The molecule has 202 valence electrons. The lowest BCUT2D eigenvalue weighted by Gasteiger charge is -2.45. The van der Waals surface area contributed by atoms with Crippen LogP contribution >= 0.6 is 23.2 Å². The number of halogens is 2. The van der Waals surface area contributed by atoms with Crippen LogP contribution in [0.4, 0.5) is 0 Å². The molecule has 0 N–H and O–H groups in total. The molecule has 0 radical (unpaired) electrons. The minimum absolute atomic E-state index is 0.0304. The molecule has 12 heteroatoms. The lowest BCUT2D eigenvalue weighted by Crippen LogP contribution is -2.50. The van der Waals surface area contributed by atoms with Gasteiger partial charge in [-0.05, 0) is 101 Å². The number of nitrogens with zero attached hydrogens (tertiary/aromatic N) is 6. The number of amides is 2. The first-order valence-corrected chi connectivity index (χ1v) is 14.2. The van der Waals surface area contributed by atoms with Crippen LogP contribution in [0.5, 0.6) is 0 Å². The summed E-state index contributed by atoms with van der Waals surface area (Å²) in [6.07, 6.45) is 5.76. The maximum atomic E-state index is 12.6. The molecule has 0 spiro atoms. The molecule has 4 atom stereocenters. The fraction of sp³-hybridized carbons (Fsp3) is 0.481. The molecule has 4 bridgehead atoms. The summed E-state index contributed by atoms with van der Waals surface area (Å²) in [6.45, 7) is 1.59. The van der Waals surface area contributed by atoms with Gasteiger partial charge in [0.15, 0.2) is 0 Å². The molecule has 10 nitrogen and oxygen atoms in total. The molecule has 3 aliphatic heterocycles. The molecule has 5 aliphatic rings. The Morgan fingerprint density at radius 3 is 1.79 bits per heavy atom. The van der Waals surface area contributed by atoms with Crippen LogP contribution in [0.2, 0.25) is 0 Å². The average Bonchev–Trinajstić information content (AvgIpc) is 3.78. The number of piperidine rings is 3. The SMILES string of the molecule is O=C(c1ccc2nonc2c1)N1CC2CC1C(Cl)C2Cl.O=C(c1ccc2nonc2c1)N1CC2CCC1CC2. The van der Waals surface area contributed by atoms with Crippen LogP contribution in [0.25, 0.3) is 22.1 Å². The zero-order valence-corrected chi connectivity index (χ0v) is 22.5. The van der Waals surface area contributed by atoms with Gasteiger partial charge in [0.1, 0.15) is 22.1 Å². The van der Waals surface area contributed by atoms with Crippen LogP contribution < -0.4 is 0 Å². The van der Waals surface area contributed by atoms with E-state index in [9.17, 15) is 9.59 Å². The second-order valence-corrected chi connectivity index (χ2v) is 12.0. The molecule has 4 unspecified atom stereocenters. The van der Waals surface area contributed by atoms with Crippen LogP contribution in [0.1, 0.15) is 52.8 Å². The van der Waals surface area contributed by atoms with E-state index in [1.165, 1.54) is 12.8 Å². The summed E-state index contributed by atoms with van der Waals surface area (Å²) in [5.74, 6) is 1.09. The number of benzene rings is 2. The third-order valence-corrected chi connectivity index (χ3v) is 10.1. The summed E-state index contributed by atoms with van der Waals surface area (Å²) >= 11 is 12.5. The van der Waals surface area contributed by atoms with Gasteiger partial charge in [-0.2, -0.15) is 0 Å². The monoisotopic (exact) mass is 568 g/mol. The Hall–Kier alpha value is -3.24. The Labute approximate surface area is 233 Å². The summed E-state index contributed by atoms with van der Waals surface area (Å²) in [6, 6.07) is 11.0. The number of fused-ring (bicyclic) bond motifs is 7. The van der Waals surface area contributed by atoms with Crippen molar-refractivity contribution in [3.8, 4) is 0 Å². The smallest absolute Gasteiger partial charge is 0.254 e. The topological polar surface area (TPSA) is 118 Å². The van der Waals surface area contributed by atoms with Crippen molar-refractivity contribution in [1.82, 2.24) is 30.4 Å². The third-order valence-electron chi connectivity index (χ3n) is 8.73. The van der Waals surface area contributed by atoms with Crippen molar-refractivity contribution in [1.29, 1.82) is 0 Å². The Kier molecular flexibility index (Phi) is 6.19. The summed E-state index contributed by atoms with van der Waals surface area (Å²) < 4.78 is 9.31. The first kappa shape index (κ1) is 24.8. The fourth-order valence-corrected chi connectivity index (χ4v) is 7.41. The molecule has 2 aromatic carbocycles. The number of carbonyl (C=O) groups is 2. The van der Waals surface area contributed by atoms with Gasteiger partial charge in [0.2, 0.25) is 0 Å². The first-order chi connectivity index (χ1) is 19.0. The largest absolute Gasteiger partial charge is 0.335 e. The quantitative estimate of drug-likeness (QED) is 0.324. The highest BCUT2D eigenvalue weighted by Crippen LogP contribution is 2.44. The van der Waals surface area contributed by atoms with Crippen molar-refractivity contribution in [3.63, 3.8) is 0 Å². The van der Waals surface area contributed by atoms with Crippen LogP contribution in [-0.2, 0) is 0 Å². The number of rotatable bonds is 2. The number of likely N-dealkylation sites (tertiary alicyclic amines) is 1. The molecular formula is C27H26Cl2N6O4. The maximum Gasteiger partial charge on any atom is 0.254 e. The van der Waals surface area contributed by atoms with Crippen molar-refractivity contribution < 1.29 is 18.8 Å². The standard InChI is InChI=1S/C14H15N3O2.C13H11Cl2N3O2/c18-14(17-8-9-1-4-11(17)5-2-9)10-3-6-12-13(7-10)16-19-15-12;14-11-7-4-10(12(11)15)18(5-7)13(19)6-1-2-8-9(3-6)17-20-16-8/h3,6-7,9,11H,1-2,4-5,8H2;1-3,7,10-12H,4-5H2. The Morgan fingerprint density at radius 1 is 0.718 bits per heavy atom. The van der Waals surface area contributed by atoms with E-state index in [-0.39, 0.29) is 28.6 Å². The molecule has 4 aromatic rings. The highest BCUT2D eigenvalue weighted by atomic mass is 35.5. The summed E-state index contributed by atoms with van der Waals surface area (Å²) in [7, 11) is 0.